The number of ether oxygens (including phenoxy) is 1. The van der Waals surface area contributed by atoms with Crippen molar-refractivity contribution in [2.75, 3.05) is 26.3 Å². The Hall–Kier alpha value is -0.340. The van der Waals surface area contributed by atoms with Crippen molar-refractivity contribution in [3.63, 3.8) is 0 Å². The third-order valence-corrected chi connectivity index (χ3v) is 2.78. The molecule has 1 heterocycles. The quantitative estimate of drug-likeness (QED) is 0.520. The highest BCUT2D eigenvalue weighted by molar-refractivity contribution is 4.80. The number of hydrogen-bond acceptors (Lipinski definition) is 2. The second-order valence-corrected chi connectivity index (χ2v) is 4.18. The predicted octanol–water partition coefficient (Wildman–Crippen LogP) is 1.97. The molecule has 0 amide bonds. The van der Waals surface area contributed by atoms with Gasteiger partial charge in [-0.3, -0.25) is 0 Å². The fourth-order valence-electron chi connectivity index (χ4n) is 1.64. The minimum absolute atomic E-state index is 0.458. The largest absolute Gasteiger partial charge is 0.381 e. The van der Waals surface area contributed by atoms with Gasteiger partial charge in [0, 0.05) is 19.8 Å². The Bertz CT molecular complexity index is 150. The number of hydrogen-bond donors (Lipinski definition) is 1. The molecule has 0 aromatic carbocycles. The summed E-state index contributed by atoms with van der Waals surface area (Å²) in [6, 6.07) is 0. The van der Waals surface area contributed by atoms with E-state index < -0.39 is 0 Å². The first-order valence-corrected chi connectivity index (χ1v) is 5.16. The van der Waals surface area contributed by atoms with Crippen LogP contribution in [0.2, 0.25) is 0 Å². The zero-order valence-corrected chi connectivity index (χ0v) is 8.64. The van der Waals surface area contributed by atoms with Gasteiger partial charge in [-0.15, -0.1) is 6.58 Å². The van der Waals surface area contributed by atoms with E-state index in [1.807, 2.05) is 6.08 Å². The average molecular weight is 183 g/mol. The fourth-order valence-corrected chi connectivity index (χ4v) is 1.64. The lowest BCUT2D eigenvalue weighted by Gasteiger charge is -2.33. The molecule has 13 heavy (non-hydrogen) atoms. The monoisotopic (exact) mass is 183 g/mol. The van der Waals surface area contributed by atoms with Crippen molar-refractivity contribution in [3.05, 3.63) is 12.7 Å². The van der Waals surface area contributed by atoms with E-state index in [2.05, 4.69) is 18.8 Å². The van der Waals surface area contributed by atoms with E-state index in [0.717, 1.165) is 32.7 Å². The van der Waals surface area contributed by atoms with Gasteiger partial charge in [0.05, 0.1) is 0 Å². The Morgan fingerprint density at radius 2 is 2.15 bits per heavy atom. The number of rotatable bonds is 5. The molecule has 1 fully saturated rings. The molecule has 0 aromatic heterocycles. The summed E-state index contributed by atoms with van der Waals surface area (Å²) in [6.07, 6.45) is 5.40. The summed E-state index contributed by atoms with van der Waals surface area (Å²) in [4.78, 5) is 0. The molecule has 0 unspecified atom stereocenters. The Labute approximate surface area is 81.4 Å². The average Bonchev–Trinajstić information content (AvgIpc) is 2.14. The molecule has 76 valence electrons. The summed E-state index contributed by atoms with van der Waals surface area (Å²) in [5.41, 5.74) is 0.458. The standard InChI is InChI=1S/C11H21NO/c1-3-4-7-12-10-11(2)5-8-13-9-6-11/h3,12H,1,4-10H2,2H3. The SMILES string of the molecule is C=CCCNCC1(C)CCOCC1. The highest BCUT2D eigenvalue weighted by Crippen LogP contribution is 2.28. The van der Waals surface area contributed by atoms with Crippen molar-refractivity contribution >= 4 is 0 Å². The van der Waals surface area contributed by atoms with Crippen molar-refractivity contribution in [3.8, 4) is 0 Å². The summed E-state index contributed by atoms with van der Waals surface area (Å²) in [5, 5.41) is 3.47. The maximum Gasteiger partial charge on any atom is 0.0471 e. The lowest BCUT2D eigenvalue weighted by molar-refractivity contribution is 0.0243. The summed E-state index contributed by atoms with van der Waals surface area (Å²) in [5.74, 6) is 0. The van der Waals surface area contributed by atoms with Crippen LogP contribution in [0.25, 0.3) is 0 Å². The molecule has 1 rings (SSSR count). The highest BCUT2D eigenvalue weighted by atomic mass is 16.5. The van der Waals surface area contributed by atoms with Crippen LogP contribution in [0.3, 0.4) is 0 Å². The van der Waals surface area contributed by atoms with Gasteiger partial charge in [0.25, 0.3) is 0 Å². The van der Waals surface area contributed by atoms with Crippen LogP contribution in [0.15, 0.2) is 12.7 Å². The van der Waals surface area contributed by atoms with Crippen molar-refractivity contribution in [2.24, 2.45) is 5.41 Å². The lowest BCUT2D eigenvalue weighted by Crippen LogP contribution is -2.37. The predicted molar refractivity (Wildman–Crippen MR) is 55.8 cm³/mol. The molecule has 1 aliphatic rings. The molecule has 0 aromatic rings. The second kappa shape index (κ2) is 5.40. The topological polar surface area (TPSA) is 21.3 Å². The summed E-state index contributed by atoms with van der Waals surface area (Å²) in [7, 11) is 0. The van der Waals surface area contributed by atoms with Crippen molar-refractivity contribution in [1.29, 1.82) is 0 Å². The fraction of sp³-hybridized carbons (Fsp3) is 0.818. The van der Waals surface area contributed by atoms with Crippen LogP contribution in [-0.4, -0.2) is 26.3 Å². The molecule has 0 aliphatic carbocycles. The van der Waals surface area contributed by atoms with E-state index in [0.29, 0.717) is 5.41 Å². The van der Waals surface area contributed by atoms with Gasteiger partial charge in [-0.1, -0.05) is 13.0 Å². The van der Waals surface area contributed by atoms with Gasteiger partial charge < -0.3 is 10.1 Å². The lowest BCUT2D eigenvalue weighted by atomic mass is 9.82. The molecule has 2 nitrogen and oxygen atoms in total. The molecule has 0 bridgehead atoms. The van der Waals surface area contributed by atoms with E-state index in [1.54, 1.807) is 0 Å². The Balaban J connectivity index is 2.13. The van der Waals surface area contributed by atoms with Crippen LogP contribution >= 0.6 is 0 Å². The molecule has 0 spiro atoms. The molecule has 0 atom stereocenters. The highest BCUT2D eigenvalue weighted by Gasteiger charge is 2.26. The van der Waals surface area contributed by atoms with Gasteiger partial charge in [0.2, 0.25) is 0 Å². The second-order valence-electron chi connectivity index (χ2n) is 4.18. The van der Waals surface area contributed by atoms with Crippen LogP contribution in [0.1, 0.15) is 26.2 Å². The first kappa shape index (κ1) is 10.7. The van der Waals surface area contributed by atoms with Crippen molar-refractivity contribution in [2.45, 2.75) is 26.2 Å². The molecule has 1 N–H and O–H groups in total. The summed E-state index contributed by atoms with van der Waals surface area (Å²) >= 11 is 0. The van der Waals surface area contributed by atoms with Crippen molar-refractivity contribution in [1.82, 2.24) is 5.32 Å². The summed E-state index contributed by atoms with van der Waals surface area (Å²) < 4.78 is 5.35. The van der Waals surface area contributed by atoms with Gasteiger partial charge in [-0.2, -0.15) is 0 Å². The molecular formula is C11H21NO. The first-order chi connectivity index (χ1) is 6.27. The Kier molecular flexibility index (Phi) is 4.46. The van der Waals surface area contributed by atoms with E-state index in [9.17, 15) is 0 Å². The van der Waals surface area contributed by atoms with Crippen LogP contribution in [0.4, 0.5) is 0 Å². The van der Waals surface area contributed by atoms with Gasteiger partial charge in [-0.25, -0.2) is 0 Å². The van der Waals surface area contributed by atoms with Gasteiger partial charge in [-0.05, 0) is 31.2 Å². The van der Waals surface area contributed by atoms with E-state index >= 15 is 0 Å². The molecule has 0 saturated carbocycles. The molecule has 1 saturated heterocycles. The normalized spacial score (nSPS) is 21.3. The molecule has 2 heteroatoms. The van der Waals surface area contributed by atoms with Crippen molar-refractivity contribution < 1.29 is 4.74 Å². The third-order valence-electron chi connectivity index (χ3n) is 2.78. The minimum Gasteiger partial charge on any atom is -0.381 e. The summed E-state index contributed by atoms with van der Waals surface area (Å²) in [6.45, 7) is 10.1. The molecule has 0 radical (unpaired) electrons. The maximum absolute atomic E-state index is 5.35. The van der Waals surface area contributed by atoms with Crippen LogP contribution < -0.4 is 5.32 Å². The minimum atomic E-state index is 0.458. The van der Waals surface area contributed by atoms with E-state index in [-0.39, 0.29) is 0 Å². The molecule has 1 aliphatic heterocycles. The van der Waals surface area contributed by atoms with Crippen LogP contribution in [-0.2, 0) is 4.74 Å². The first-order valence-electron chi connectivity index (χ1n) is 5.16. The third kappa shape index (κ3) is 3.92. The van der Waals surface area contributed by atoms with Crippen LogP contribution in [0.5, 0.6) is 0 Å². The smallest absolute Gasteiger partial charge is 0.0471 e. The van der Waals surface area contributed by atoms with Gasteiger partial charge >= 0.3 is 0 Å². The van der Waals surface area contributed by atoms with Gasteiger partial charge in [0.1, 0.15) is 0 Å². The van der Waals surface area contributed by atoms with Crippen LogP contribution in [0, 0.1) is 5.41 Å². The Morgan fingerprint density at radius 3 is 2.77 bits per heavy atom. The maximum atomic E-state index is 5.35. The van der Waals surface area contributed by atoms with Gasteiger partial charge in [0.15, 0.2) is 0 Å². The van der Waals surface area contributed by atoms with E-state index in [4.69, 9.17) is 4.74 Å². The Morgan fingerprint density at radius 1 is 1.46 bits per heavy atom. The molecular weight excluding hydrogens is 162 g/mol. The zero-order valence-electron chi connectivity index (χ0n) is 8.64. The van der Waals surface area contributed by atoms with E-state index in [1.165, 1.54) is 12.8 Å². The zero-order chi connectivity index (χ0) is 9.57. The number of nitrogens with one attached hydrogen (secondary N) is 1.